The molecular formula is C2H10Na2O7P2. The number of rotatable bonds is 2. The van der Waals surface area contributed by atoms with Gasteiger partial charge in [-0.15, -0.1) is 0 Å². The zero-order chi connectivity index (χ0) is 9.50. The number of hydrogen-bond acceptors (Lipinski definition) is 3. The van der Waals surface area contributed by atoms with Crippen LogP contribution in [0.4, 0.5) is 0 Å². The normalized spacial score (nSPS) is 12.8. The minimum Gasteiger partial charge on any atom is -1.00 e. The predicted octanol–water partition coefficient (Wildman–Crippen LogP) is -6.76. The summed E-state index contributed by atoms with van der Waals surface area (Å²) in [5.74, 6) is 0. The summed E-state index contributed by atoms with van der Waals surface area (Å²) in [6.45, 7) is 0.383. The van der Waals surface area contributed by atoms with E-state index in [1.54, 1.807) is 0 Å². The topological polar surface area (TPSA) is 135 Å². The second-order valence-electron chi connectivity index (χ2n) is 2.06. The SMILES string of the molecule is CC(O)(P(=O)(O)O)P(=O)(O)O.[H-].[H-].[Na+].[Na+]. The van der Waals surface area contributed by atoms with Crippen molar-refractivity contribution in [3.05, 3.63) is 0 Å². The first-order chi connectivity index (χ1) is 4.50. The van der Waals surface area contributed by atoms with Gasteiger partial charge in [0.2, 0.25) is 0 Å². The molecule has 0 aliphatic rings. The van der Waals surface area contributed by atoms with Gasteiger partial charge >= 0.3 is 74.3 Å². The van der Waals surface area contributed by atoms with E-state index in [4.69, 9.17) is 24.7 Å². The van der Waals surface area contributed by atoms with Crippen molar-refractivity contribution in [1.29, 1.82) is 0 Å². The van der Waals surface area contributed by atoms with E-state index in [1.807, 2.05) is 0 Å². The fourth-order valence-corrected chi connectivity index (χ4v) is 1.53. The van der Waals surface area contributed by atoms with Gasteiger partial charge in [0.15, 0.2) is 0 Å². The van der Waals surface area contributed by atoms with Crippen molar-refractivity contribution in [3.63, 3.8) is 0 Å². The molecule has 0 radical (unpaired) electrons. The molecule has 0 saturated carbocycles. The maximum atomic E-state index is 10.3. The van der Waals surface area contributed by atoms with Crippen LogP contribution in [-0.4, -0.2) is 29.8 Å². The van der Waals surface area contributed by atoms with Crippen molar-refractivity contribution in [2.45, 2.75) is 12.0 Å². The molecule has 0 spiro atoms. The van der Waals surface area contributed by atoms with Gasteiger partial charge in [-0.05, 0) is 6.92 Å². The van der Waals surface area contributed by atoms with Gasteiger partial charge in [0.1, 0.15) is 0 Å². The summed E-state index contributed by atoms with van der Waals surface area (Å²) in [5.41, 5.74) is 0. The van der Waals surface area contributed by atoms with Gasteiger partial charge in [-0.3, -0.25) is 9.13 Å². The van der Waals surface area contributed by atoms with Crippen molar-refractivity contribution in [3.8, 4) is 0 Å². The van der Waals surface area contributed by atoms with Crippen molar-refractivity contribution in [1.82, 2.24) is 0 Å². The Balaban J connectivity index is -0.0000000833. The van der Waals surface area contributed by atoms with E-state index in [0.717, 1.165) is 0 Å². The minimum absolute atomic E-state index is 0. The first kappa shape index (κ1) is 20.6. The second kappa shape index (κ2) is 6.11. The minimum atomic E-state index is -5.20. The summed E-state index contributed by atoms with van der Waals surface area (Å²) in [6.07, 6.45) is 0. The van der Waals surface area contributed by atoms with Crippen LogP contribution < -0.4 is 59.1 Å². The zero-order valence-corrected chi connectivity index (χ0v) is 13.2. The van der Waals surface area contributed by atoms with E-state index >= 15 is 0 Å². The molecule has 0 atom stereocenters. The van der Waals surface area contributed by atoms with Gasteiger partial charge in [-0.2, -0.15) is 0 Å². The molecule has 0 heterocycles. The van der Waals surface area contributed by atoms with Gasteiger partial charge in [0.05, 0.1) is 0 Å². The summed E-state index contributed by atoms with van der Waals surface area (Å²) < 4.78 is 20.5. The van der Waals surface area contributed by atoms with Crippen molar-refractivity contribution in [2.75, 3.05) is 0 Å². The fraction of sp³-hybridized carbons (Fsp3) is 1.00. The van der Waals surface area contributed by atoms with Crippen LogP contribution in [0.15, 0.2) is 0 Å². The number of aliphatic hydroxyl groups is 1. The Labute approximate surface area is 122 Å². The molecule has 5 N–H and O–H groups in total. The van der Waals surface area contributed by atoms with Gasteiger partial charge in [0.25, 0.3) is 5.08 Å². The van der Waals surface area contributed by atoms with Gasteiger partial charge in [0, 0.05) is 0 Å². The monoisotopic (exact) mass is 254 g/mol. The average molecular weight is 254 g/mol. The van der Waals surface area contributed by atoms with Crippen LogP contribution >= 0.6 is 15.2 Å². The third kappa shape index (κ3) is 5.22. The first-order valence-corrected chi connectivity index (χ1v) is 5.56. The molecule has 0 aliphatic heterocycles. The molecule has 0 fully saturated rings. The van der Waals surface area contributed by atoms with Crippen LogP contribution in [0.3, 0.4) is 0 Å². The summed E-state index contributed by atoms with van der Waals surface area (Å²) in [4.78, 5) is 33.0. The molecule has 0 saturated heterocycles. The largest absolute Gasteiger partial charge is 1.00 e. The van der Waals surface area contributed by atoms with E-state index < -0.39 is 20.3 Å². The van der Waals surface area contributed by atoms with Gasteiger partial charge < -0.3 is 27.5 Å². The predicted molar refractivity (Wildman–Crippen MR) is 36.9 cm³/mol. The zero-order valence-electron chi connectivity index (χ0n) is 9.45. The third-order valence-corrected chi connectivity index (χ3v) is 4.87. The Hall–Kier alpha value is 2.26. The van der Waals surface area contributed by atoms with Crippen LogP contribution in [0.5, 0.6) is 0 Å². The summed E-state index contributed by atoms with van der Waals surface area (Å²) in [7, 11) is -10.4. The number of hydrogen-bond donors (Lipinski definition) is 5. The molecule has 0 rings (SSSR count). The van der Waals surface area contributed by atoms with E-state index in [9.17, 15) is 9.13 Å². The van der Waals surface area contributed by atoms with E-state index in [0.29, 0.717) is 6.92 Å². The van der Waals surface area contributed by atoms with Crippen LogP contribution in [0.1, 0.15) is 9.78 Å². The standard InChI is InChI=1S/C2H8O7P2.2Na.2H/c1-2(3,10(4,5)6)11(7,8)9;;;;/h3H,1H3,(H2,4,5,6)(H2,7,8,9);;;;/q;2*+1;2*-1. The molecule has 0 unspecified atom stereocenters. The fourth-order valence-electron chi connectivity index (χ4n) is 0.170. The molecule has 0 bridgehead atoms. The summed E-state index contributed by atoms with van der Waals surface area (Å²) in [6, 6.07) is 0. The Kier molecular flexibility index (Phi) is 9.70. The maximum absolute atomic E-state index is 10.3. The molecule has 0 amide bonds. The van der Waals surface area contributed by atoms with E-state index in [1.165, 1.54) is 0 Å². The molecule has 0 aromatic heterocycles. The maximum Gasteiger partial charge on any atom is 1.00 e. The third-order valence-electron chi connectivity index (χ3n) is 1.10. The van der Waals surface area contributed by atoms with E-state index in [2.05, 4.69) is 0 Å². The summed E-state index contributed by atoms with van der Waals surface area (Å²) >= 11 is 0. The van der Waals surface area contributed by atoms with Crippen molar-refractivity contribution in [2.24, 2.45) is 0 Å². The van der Waals surface area contributed by atoms with E-state index in [-0.39, 0.29) is 62.0 Å². The Morgan fingerprint density at radius 1 is 1.00 bits per heavy atom. The van der Waals surface area contributed by atoms with Crippen LogP contribution in [-0.2, 0) is 9.13 Å². The Bertz CT molecular complexity index is 223. The molecule has 7 nitrogen and oxygen atoms in total. The molecule has 13 heavy (non-hydrogen) atoms. The van der Waals surface area contributed by atoms with Crippen LogP contribution in [0.2, 0.25) is 0 Å². The smallest absolute Gasteiger partial charge is 1.00 e. The van der Waals surface area contributed by atoms with Crippen molar-refractivity contribution < 1.29 is 95.8 Å². The first-order valence-electron chi connectivity index (χ1n) is 2.34. The molecule has 11 heteroatoms. The van der Waals surface area contributed by atoms with Gasteiger partial charge in [-0.25, -0.2) is 0 Å². The molecule has 0 aliphatic carbocycles. The molecular weight excluding hydrogens is 244 g/mol. The second-order valence-corrected chi connectivity index (χ2v) is 6.33. The summed E-state index contributed by atoms with van der Waals surface area (Å²) in [5, 5.41) is 5.37. The quantitative estimate of drug-likeness (QED) is 0.244. The molecule has 72 valence electrons. The van der Waals surface area contributed by atoms with Crippen LogP contribution in [0.25, 0.3) is 0 Å². The van der Waals surface area contributed by atoms with Crippen LogP contribution in [0, 0.1) is 0 Å². The molecule has 0 aromatic carbocycles. The van der Waals surface area contributed by atoms with Crippen molar-refractivity contribution >= 4 is 15.2 Å². The Morgan fingerprint density at radius 2 is 1.15 bits per heavy atom. The Morgan fingerprint density at radius 3 is 1.15 bits per heavy atom. The average Bonchev–Trinajstić information content (AvgIpc) is 1.58. The van der Waals surface area contributed by atoms with Gasteiger partial charge in [-0.1, -0.05) is 0 Å². The molecule has 0 aromatic rings.